The first-order valence-electron chi connectivity index (χ1n) is 8.18. The Morgan fingerprint density at radius 2 is 2.12 bits per heavy atom. The summed E-state index contributed by atoms with van der Waals surface area (Å²) in [6.07, 6.45) is 6.32. The minimum atomic E-state index is -0.289. The molecule has 26 heavy (non-hydrogen) atoms. The number of nitrogens with one attached hydrogen (secondary N) is 2. The lowest BCUT2D eigenvalue weighted by Gasteiger charge is -2.16. The molecule has 4 N–H and O–H groups in total. The number of aliphatic hydroxyl groups is 2. The molecule has 0 aliphatic carbocycles. The van der Waals surface area contributed by atoms with Gasteiger partial charge in [0.05, 0.1) is 24.8 Å². The first kappa shape index (κ1) is 17.8. The fourth-order valence-electron chi connectivity index (χ4n) is 2.53. The van der Waals surface area contributed by atoms with Crippen LogP contribution < -0.4 is 16.2 Å². The highest BCUT2D eigenvalue weighted by Crippen LogP contribution is 2.24. The van der Waals surface area contributed by atoms with E-state index in [0.29, 0.717) is 28.2 Å². The Hall–Kier alpha value is -3.04. The van der Waals surface area contributed by atoms with Crippen LogP contribution in [0, 0.1) is 0 Å². The lowest BCUT2D eigenvalue weighted by Crippen LogP contribution is -2.25. The van der Waals surface area contributed by atoms with Crippen molar-refractivity contribution < 1.29 is 10.2 Å². The van der Waals surface area contributed by atoms with Crippen LogP contribution in [0.25, 0.3) is 10.8 Å². The Morgan fingerprint density at radius 3 is 2.81 bits per heavy atom. The molecule has 3 rings (SSSR count). The highest BCUT2D eigenvalue weighted by molar-refractivity contribution is 5.93. The second kappa shape index (κ2) is 7.89. The number of nitrogens with zero attached hydrogens (tertiary/aromatic N) is 4. The quantitative estimate of drug-likeness (QED) is 0.488. The molecule has 0 aliphatic heterocycles. The molecule has 0 bridgehead atoms. The molecule has 0 radical (unpaired) electrons. The van der Waals surface area contributed by atoms with Crippen molar-refractivity contribution in [3.63, 3.8) is 0 Å². The molecule has 0 fully saturated rings. The van der Waals surface area contributed by atoms with Crippen molar-refractivity contribution in [1.82, 2.24) is 19.5 Å². The number of pyridine rings is 2. The van der Waals surface area contributed by atoms with Crippen molar-refractivity contribution in [2.45, 2.75) is 19.5 Å². The fraction of sp³-hybridized carbons (Fsp3) is 0.294. The molecular weight excluding hydrogens is 336 g/mol. The number of hydrogen-bond acceptors (Lipinski definition) is 8. The lowest BCUT2D eigenvalue weighted by atomic mass is 10.2. The maximum atomic E-state index is 12.7. The van der Waals surface area contributed by atoms with Crippen molar-refractivity contribution in [2.75, 3.05) is 23.8 Å². The number of aliphatic hydroxyl groups excluding tert-OH is 2. The number of anilines is 3. The zero-order valence-corrected chi connectivity index (χ0v) is 14.3. The van der Waals surface area contributed by atoms with E-state index in [9.17, 15) is 9.90 Å². The molecule has 1 atom stereocenters. The molecule has 0 amide bonds. The van der Waals surface area contributed by atoms with Crippen LogP contribution in [0.2, 0.25) is 0 Å². The lowest BCUT2D eigenvalue weighted by molar-refractivity contribution is 0.274. The van der Waals surface area contributed by atoms with Gasteiger partial charge in [-0.1, -0.05) is 0 Å². The molecule has 0 aromatic carbocycles. The van der Waals surface area contributed by atoms with Gasteiger partial charge >= 0.3 is 0 Å². The van der Waals surface area contributed by atoms with Crippen molar-refractivity contribution in [1.29, 1.82) is 0 Å². The van der Waals surface area contributed by atoms with E-state index >= 15 is 0 Å². The Bertz CT molecular complexity index is 944. The van der Waals surface area contributed by atoms with Gasteiger partial charge in [-0.3, -0.25) is 9.78 Å². The predicted octanol–water partition coefficient (Wildman–Crippen LogP) is 0.715. The van der Waals surface area contributed by atoms with Gasteiger partial charge in [-0.05, 0) is 24.4 Å². The maximum absolute atomic E-state index is 12.7. The van der Waals surface area contributed by atoms with E-state index in [4.69, 9.17) is 5.11 Å². The molecule has 9 heteroatoms. The van der Waals surface area contributed by atoms with Crippen LogP contribution in [-0.2, 0) is 6.54 Å². The van der Waals surface area contributed by atoms with Crippen LogP contribution in [0.15, 0.2) is 41.7 Å². The van der Waals surface area contributed by atoms with E-state index in [-0.39, 0.29) is 31.4 Å². The molecule has 0 saturated carbocycles. The summed E-state index contributed by atoms with van der Waals surface area (Å²) in [7, 11) is 0. The zero-order chi connectivity index (χ0) is 18.5. The van der Waals surface area contributed by atoms with Crippen molar-refractivity contribution >= 4 is 28.2 Å². The minimum Gasteiger partial charge on any atom is -0.395 e. The second-order valence-electron chi connectivity index (χ2n) is 5.80. The summed E-state index contributed by atoms with van der Waals surface area (Å²) >= 11 is 0. The third-order valence-corrected chi connectivity index (χ3v) is 3.78. The van der Waals surface area contributed by atoms with Crippen LogP contribution >= 0.6 is 0 Å². The van der Waals surface area contributed by atoms with Gasteiger partial charge in [0.25, 0.3) is 5.56 Å². The molecule has 0 spiro atoms. The highest BCUT2D eigenvalue weighted by Gasteiger charge is 2.14. The summed E-state index contributed by atoms with van der Waals surface area (Å²) in [5.74, 6) is 1.37. The zero-order valence-electron chi connectivity index (χ0n) is 14.3. The van der Waals surface area contributed by atoms with Crippen molar-refractivity contribution in [3.8, 4) is 0 Å². The number of fused-ring (bicyclic) bond motifs is 1. The summed E-state index contributed by atoms with van der Waals surface area (Å²) in [6.45, 7) is 1.73. The van der Waals surface area contributed by atoms with E-state index < -0.39 is 0 Å². The smallest absolute Gasteiger partial charge is 0.262 e. The third-order valence-electron chi connectivity index (χ3n) is 3.78. The molecular formula is C17H20N6O3. The van der Waals surface area contributed by atoms with E-state index in [1.54, 1.807) is 43.8 Å². The Kier molecular flexibility index (Phi) is 5.40. The van der Waals surface area contributed by atoms with E-state index in [0.717, 1.165) is 0 Å². The Balaban J connectivity index is 2.11. The van der Waals surface area contributed by atoms with Gasteiger partial charge in [0.1, 0.15) is 17.5 Å². The number of aromatic nitrogens is 4. The van der Waals surface area contributed by atoms with Crippen LogP contribution in [0.3, 0.4) is 0 Å². The summed E-state index contributed by atoms with van der Waals surface area (Å²) in [5, 5.41) is 25.7. The number of hydrogen-bond donors (Lipinski definition) is 4. The molecule has 0 unspecified atom stereocenters. The SMILES string of the molecule is C[C@@H](CO)Nc1nc(Nc2cnccn2)cc2ccn(CCO)c(=O)c12. The van der Waals surface area contributed by atoms with Gasteiger partial charge in [0, 0.05) is 31.2 Å². The Labute approximate surface area is 149 Å². The molecule has 3 heterocycles. The van der Waals surface area contributed by atoms with Gasteiger partial charge in [0.2, 0.25) is 0 Å². The van der Waals surface area contributed by atoms with Gasteiger partial charge < -0.3 is 25.4 Å². The van der Waals surface area contributed by atoms with Gasteiger partial charge in [-0.2, -0.15) is 0 Å². The molecule has 3 aromatic heterocycles. The highest BCUT2D eigenvalue weighted by atomic mass is 16.3. The van der Waals surface area contributed by atoms with Crippen LogP contribution in [0.4, 0.5) is 17.5 Å². The fourth-order valence-corrected chi connectivity index (χ4v) is 2.53. The van der Waals surface area contributed by atoms with Crippen LogP contribution in [0.5, 0.6) is 0 Å². The monoisotopic (exact) mass is 356 g/mol. The molecule has 136 valence electrons. The van der Waals surface area contributed by atoms with Gasteiger partial charge in [-0.25, -0.2) is 9.97 Å². The third kappa shape index (κ3) is 3.79. The second-order valence-corrected chi connectivity index (χ2v) is 5.80. The largest absolute Gasteiger partial charge is 0.395 e. The minimum absolute atomic E-state index is 0.108. The van der Waals surface area contributed by atoms with Crippen molar-refractivity contribution in [3.05, 3.63) is 47.3 Å². The van der Waals surface area contributed by atoms with E-state index in [1.165, 1.54) is 4.57 Å². The standard InChI is InChI=1S/C17H20N6O3/c1-11(10-25)20-16-15-12(2-5-23(6-7-24)17(15)26)8-13(22-16)21-14-9-18-3-4-19-14/h2-5,8-9,11,24-25H,6-7,10H2,1H3,(H2,19,20,21,22)/t11-/m0/s1. The van der Waals surface area contributed by atoms with E-state index in [1.807, 2.05) is 0 Å². The van der Waals surface area contributed by atoms with Crippen LogP contribution in [-0.4, -0.2) is 49.0 Å². The molecule has 0 saturated heterocycles. The Morgan fingerprint density at radius 1 is 1.27 bits per heavy atom. The summed E-state index contributed by atoms with van der Waals surface area (Å²) in [6, 6.07) is 3.23. The molecule has 9 nitrogen and oxygen atoms in total. The summed E-state index contributed by atoms with van der Waals surface area (Å²) < 4.78 is 1.43. The van der Waals surface area contributed by atoms with Gasteiger partial charge in [-0.15, -0.1) is 0 Å². The molecule has 3 aromatic rings. The van der Waals surface area contributed by atoms with Gasteiger partial charge in [0.15, 0.2) is 0 Å². The average Bonchev–Trinajstić information content (AvgIpc) is 2.64. The number of rotatable bonds is 7. The predicted molar refractivity (Wildman–Crippen MR) is 98.6 cm³/mol. The summed E-state index contributed by atoms with van der Waals surface area (Å²) in [5.41, 5.74) is -0.261. The maximum Gasteiger partial charge on any atom is 0.262 e. The normalized spacial score (nSPS) is 12.1. The summed E-state index contributed by atoms with van der Waals surface area (Å²) in [4.78, 5) is 25.4. The van der Waals surface area contributed by atoms with E-state index in [2.05, 4.69) is 25.6 Å². The topological polar surface area (TPSA) is 125 Å². The first-order chi connectivity index (χ1) is 12.6. The van der Waals surface area contributed by atoms with Crippen molar-refractivity contribution in [2.24, 2.45) is 0 Å². The first-order valence-corrected chi connectivity index (χ1v) is 8.18. The van der Waals surface area contributed by atoms with Crippen LogP contribution in [0.1, 0.15) is 6.92 Å². The average molecular weight is 356 g/mol. The molecule has 0 aliphatic rings.